The lowest BCUT2D eigenvalue weighted by Gasteiger charge is -2.29. The molecule has 0 amide bonds. The zero-order chi connectivity index (χ0) is 20.6. The predicted octanol–water partition coefficient (Wildman–Crippen LogP) is 2.17. The molecular formula is C21H33IN6O2. The number of guanidine groups is 1. The Labute approximate surface area is 196 Å². The van der Waals surface area contributed by atoms with Gasteiger partial charge < -0.3 is 20.1 Å². The molecule has 1 aromatic carbocycles. The van der Waals surface area contributed by atoms with E-state index in [0.29, 0.717) is 6.54 Å². The van der Waals surface area contributed by atoms with Crippen molar-refractivity contribution < 1.29 is 9.47 Å². The second-order valence-electron chi connectivity index (χ2n) is 7.07. The number of nitrogens with zero attached hydrogens (tertiary/aromatic N) is 4. The number of aromatic nitrogens is 2. The maximum absolute atomic E-state index is 5.46. The fraction of sp³-hybridized carbons (Fsp3) is 0.524. The van der Waals surface area contributed by atoms with E-state index in [4.69, 9.17) is 9.47 Å². The first-order valence-corrected chi connectivity index (χ1v) is 10.1. The Bertz CT molecular complexity index is 839. The first-order chi connectivity index (χ1) is 14.1. The number of methoxy groups -OCH3 is 2. The molecule has 0 spiro atoms. The van der Waals surface area contributed by atoms with Gasteiger partial charge in [0.2, 0.25) is 0 Å². The molecule has 1 aromatic heterocycles. The topological polar surface area (TPSA) is 75.9 Å². The summed E-state index contributed by atoms with van der Waals surface area (Å²) in [5, 5.41) is 10.9. The normalized spacial score (nSPS) is 13.9. The number of rotatable bonds is 8. The standard InChI is InChI=1S/C21H32N6O2.HI/c1-5-22-21(24-14-18-6-8-25-26(18)2)23-9-11-27-10-7-16-12-19(28-3)20(29-4)13-17(16)15-27;/h6,8,12-13H,5,7,9-11,14-15H2,1-4H3,(H2,22,23,24);1H. The average molecular weight is 528 g/mol. The smallest absolute Gasteiger partial charge is 0.191 e. The number of ether oxygens (including phenoxy) is 2. The molecule has 0 radical (unpaired) electrons. The summed E-state index contributed by atoms with van der Waals surface area (Å²) in [6.45, 7) is 7.24. The molecule has 0 unspecified atom stereocenters. The monoisotopic (exact) mass is 528 g/mol. The molecule has 0 saturated carbocycles. The van der Waals surface area contributed by atoms with E-state index < -0.39 is 0 Å². The van der Waals surface area contributed by atoms with Crippen molar-refractivity contribution in [3.8, 4) is 11.5 Å². The second kappa shape index (κ2) is 12.0. The van der Waals surface area contributed by atoms with Crippen LogP contribution in [0.25, 0.3) is 0 Å². The average Bonchev–Trinajstić information content (AvgIpc) is 3.15. The van der Waals surface area contributed by atoms with Crippen LogP contribution in [0.5, 0.6) is 11.5 Å². The van der Waals surface area contributed by atoms with Crippen molar-refractivity contribution in [2.75, 3.05) is 40.4 Å². The molecular weight excluding hydrogens is 495 g/mol. The third-order valence-corrected chi connectivity index (χ3v) is 5.18. The van der Waals surface area contributed by atoms with Crippen LogP contribution in [0.4, 0.5) is 0 Å². The summed E-state index contributed by atoms with van der Waals surface area (Å²) < 4.78 is 12.7. The first-order valence-electron chi connectivity index (χ1n) is 10.1. The zero-order valence-electron chi connectivity index (χ0n) is 18.3. The Morgan fingerprint density at radius 2 is 1.90 bits per heavy atom. The number of benzene rings is 1. The number of fused-ring (bicyclic) bond motifs is 1. The molecule has 0 atom stereocenters. The van der Waals surface area contributed by atoms with E-state index in [2.05, 4.69) is 44.7 Å². The lowest BCUT2D eigenvalue weighted by atomic mass is 9.99. The van der Waals surface area contributed by atoms with Crippen molar-refractivity contribution in [2.45, 2.75) is 26.4 Å². The Morgan fingerprint density at radius 3 is 2.53 bits per heavy atom. The number of halogens is 1. The van der Waals surface area contributed by atoms with Gasteiger partial charge in [-0.05, 0) is 42.7 Å². The van der Waals surface area contributed by atoms with Crippen LogP contribution in [0, 0.1) is 0 Å². The van der Waals surface area contributed by atoms with E-state index in [1.807, 2.05) is 17.8 Å². The fourth-order valence-electron chi connectivity index (χ4n) is 3.52. The third kappa shape index (κ3) is 6.24. The minimum absolute atomic E-state index is 0. The molecule has 1 aliphatic rings. The summed E-state index contributed by atoms with van der Waals surface area (Å²) in [5.74, 6) is 2.43. The van der Waals surface area contributed by atoms with Crippen LogP contribution in [0.2, 0.25) is 0 Å². The molecule has 0 aliphatic carbocycles. The van der Waals surface area contributed by atoms with Crippen molar-refractivity contribution in [3.63, 3.8) is 0 Å². The summed E-state index contributed by atoms with van der Waals surface area (Å²) in [4.78, 5) is 7.11. The summed E-state index contributed by atoms with van der Waals surface area (Å²) in [7, 11) is 5.30. The van der Waals surface area contributed by atoms with Crippen LogP contribution < -0.4 is 20.1 Å². The van der Waals surface area contributed by atoms with Crippen LogP contribution in [-0.4, -0.2) is 61.0 Å². The van der Waals surface area contributed by atoms with E-state index in [0.717, 1.165) is 62.3 Å². The number of hydrogen-bond donors (Lipinski definition) is 2. The molecule has 2 heterocycles. The largest absolute Gasteiger partial charge is 0.493 e. The van der Waals surface area contributed by atoms with Crippen LogP contribution in [-0.2, 0) is 26.6 Å². The van der Waals surface area contributed by atoms with Gasteiger partial charge in [-0.2, -0.15) is 5.10 Å². The lowest BCUT2D eigenvalue weighted by molar-refractivity contribution is 0.256. The summed E-state index contributed by atoms with van der Waals surface area (Å²) >= 11 is 0. The Balaban J connectivity index is 0.00000320. The van der Waals surface area contributed by atoms with E-state index in [1.54, 1.807) is 20.4 Å². The van der Waals surface area contributed by atoms with E-state index in [1.165, 1.54) is 11.1 Å². The highest BCUT2D eigenvalue weighted by Gasteiger charge is 2.19. The van der Waals surface area contributed by atoms with Gasteiger partial charge in [-0.25, -0.2) is 4.99 Å². The Morgan fingerprint density at radius 1 is 1.17 bits per heavy atom. The predicted molar refractivity (Wildman–Crippen MR) is 130 cm³/mol. The summed E-state index contributed by atoms with van der Waals surface area (Å²) in [6, 6.07) is 6.20. The number of aliphatic imine (C=N–C) groups is 1. The zero-order valence-corrected chi connectivity index (χ0v) is 20.6. The van der Waals surface area contributed by atoms with Gasteiger partial charge in [-0.15, -0.1) is 24.0 Å². The van der Waals surface area contributed by atoms with Crippen molar-refractivity contribution >= 4 is 29.9 Å². The minimum Gasteiger partial charge on any atom is -0.493 e. The van der Waals surface area contributed by atoms with Gasteiger partial charge in [0, 0.05) is 46.0 Å². The second-order valence-corrected chi connectivity index (χ2v) is 7.07. The van der Waals surface area contributed by atoms with Crippen LogP contribution in [0.3, 0.4) is 0 Å². The van der Waals surface area contributed by atoms with Gasteiger partial charge in [0.1, 0.15) is 0 Å². The molecule has 0 fully saturated rings. The summed E-state index contributed by atoms with van der Waals surface area (Å²) in [5.41, 5.74) is 3.74. The number of nitrogens with one attached hydrogen (secondary N) is 2. The third-order valence-electron chi connectivity index (χ3n) is 5.18. The minimum atomic E-state index is 0. The Hall–Kier alpha value is -2.01. The Kier molecular flexibility index (Phi) is 9.70. The lowest BCUT2D eigenvalue weighted by Crippen LogP contribution is -2.42. The first kappa shape index (κ1) is 24.3. The molecule has 0 saturated heterocycles. The SMILES string of the molecule is CCNC(=NCc1ccnn1C)NCCN1CCc2cc(OC)c(OC)cc2C1.I. The quantitative estimate of drug-likeness (QED) is 0.311. The maximum atomic E-state index is 5.46. The van der Waals surface area contributed by atoms with Gasteiger partial charge in [0.15, 0.2) is 17.5 Å². The van der Waals surface area contributed by atoms with Crippen molar-refractivity contribution in [2.24, 2.45) is 12.0 Å². The van der Waals surface area contributed by atoms with E-state index in [9.17, 15) is 0 Å². The number of aryl methyl sites for hydroxylation is 1. The molecule has 3 rings (SSSR count). The molecule has 1 aliphatic heterocycles. The molecule has 8 nitrogen and oxygen atoms in total. The molecule has 2 N–H and O–H groups in total. The molecule has 9 heteroatoms. The van der Waals surface area contributed by atoms with Crippen LogP contribution in [0.1, 0.15) is 23.7 Å². The maximum Gasteiger partial charge on any atom is 0.191 e. The van der Waals surface area contributed by atoms with Crippen LogP contribution in [0.15, 0.2) is 29.4 Å². The highest BCUT2D eigenvalue weighted by atomic mass is 127. The van der Waals surface area contributed by atoms with Crippen LogP contribution >= 0.6 is 24.0 Å². The molecule has 2 aromatic rings. The van der Waals surface area contributed by atoms with Gasteiger partial charge in [-0.1, -0.05) is 0 Å². The van der Waals surface area contributed by atoms with Crippen molar-refractivity contribution in [3.05, 3.63) is 41.2 Å². The van der Waals surface area contributed by atoms with Gasteiger partial charge in [0.25, 0.3) is 0 Å². The van der Waals surface area contributed by atoms with E-state index >= 15 is 0 Å². The number of hydrogen-bond acceptors (Lipinski definition) is 5. The van der Waals surface area contributed by atoms with E-state index in [-0.39, 0.29) is 24.0 Å². The molecule has 166 valence electrons. The molecule has 30 heavy (non-hydrogen) atoms. The summed E-state index contributed by atoms with van der Waals surface area (Å²) in [6.07, 6.45) is 2.81. The molecule has 0 bridgehead atoms. The fourth-order valence-corrected chi connectivity index (χ4v) is 3.52. The highest BCUT2D eigenvalue weighted by molar-refractivity contribution is 14.0. The van der Waals surface area contributed by atoms with Gasteiger partial charge in [-0.3, -0.25) is 9.58 Å². The van der Waals surface area contributed by atoms with Gasteiger partial charge in [0.05, 0.1) is 26.5 Å². The highest BCUT2D eigenvalue weighted by Crippen LogP contribution is 2.33. The van der Waals surface area contributed by atoms with Crippen molar-refractivity contribution in [1.29, 1.82) is 0 Å². The van der Waals surface area contributed by atoms with Gasteiger partial charge >= 0.3 is 0 Å². The van der Waals surface area contributed by atoms with Crippen molar-refractivity contribution in [1.82, 2.24) is 25.3 Å².